The zero-order chi connectivity index (χ0) is 18.7. The lowest BCUT2D eigenvalue weighted by Crippen LogP contribution is -2.52. The molecule has 5 heteroatoms. The van der Waals surface area contributed by atoms with Crippen LogP contribution in [-0.4, -0.2) is 42.4 Å². The predicted molar refractivity (Wildman–Crippen MR) is 127 cm³/mol. The van der Waals surface area contributed by atoms with Gasteiger partial charge in [0.05, 0.1) is 11.5 Å². The molecule has 3 nitrogen and oxygen atoms in total. The van der Waals surface area contributed by atoms with E-state index >= 15 is 0 Å². The van der Waals surface area contributed by atoms with Crippen molar-refractivity contribution < 1.29 is 4.79 Å². The summed E-state index contributed by atoms with van der Waals surface area (Å²) in [6, 6.07) is 21.1. The minimum absolute atomic E-state index is 0. The highest BCUT2D eigenvalue weighted by Crippen LogP contribution is 2.46. The van der Waals surface area contributed by atoms with Crippen molar-refractivity contribution in [2.75, 3.05) is 26.7 Å². The number of carbonyl (C=O) groups excluding carboxylic acids is 1. The van der Waals surface area contributed by atoms with Gasteiger partial charge in [0.1, 0.15) is 0 Å². The predicted octanol–water partition coefficient (Wildman–Crippen LogP) is 4.94. The number of hydrogen-bond donors (Lipinski definition) is 0. The van der Waals surface area contributed by atoms with Crippen molar-refractivity contribution in [2.24, 2.45) is 0 Å². The van der Waals surface area contributed by atoms with Gasteiger partial charge in [0, 0.05) is 13.6 Å². The molecule has 29 heavy (non-hydrogen) atoms. The Kier molecular flexibility index (Phi) is 8.62. The standard InChI is InChI=1S/C24H30N2O.ClH.H2S/c1-25(23(27)24(15-10-16-24)21-13-6-3-7-14-21)22(19-26-17-8-9-18-26)20-11-4-2-5-12-20;;/h2-7,11-14,22H,8-10,15-19H2,1H3;1H;1H2. The molecule has 1 aliphatic heterocycles. The van der Waals surface area contributed by atoms with E-state index in [-0.39, 0.29) is 43.3 Å². The zero-order valence-corrected chi connectivity index (χ0v) is 19.0. The average Bonchev–Trinajstić information content (AvgIpc) is 3.19. The Hall–Kier alpha value is -1.49. The van der Waals surface area contributed by atoms with Crippen LogP contribution in [0.25, 0.3) is 0 Å². The second-order valence-corrected chi connectivity index (χ2v) is 8.15. The molecule has 1 atom stereocenters. The molecular formula is C24H33ClN2OS. The Morgan fingerprint density at radius 1 is 0.966 bits per heavy atom. The summed E-state index contributed by atoms with van der Waals surface area (Å²) < 4.78 is 0. The van der Waals surface area contributed by atoms with Crippen molar-refractivity contribution in [1.29, 1.82) is 0 Å². The summed E-state index contributed by atoms with van der Waals surface area (Å²) in [5, 5.41) is 0. The molecule has 0 aromatic heterocycles. The van der Waals surface area contributed by atoms with Crippen LogP contribution in [0.1, 0.15) is 49.3 Å². The van der Waals surface area contributed by atoms with Crippen LogP contribution in [0, 0.1) is 0 Å². The molecule has 2 aliphatic rings. The average molecular weight is 433 g/mol. The number of halogens is 1. The molecule has 4 rings (SSSR count). The lowest BCUT2D eigenvalue weighted by atomic mass is 9.63. The Balaban J connectivity index is 0.00000150. The lowest BCUT2D eigenvalue weighted by molar-refractivity contribution is -0.142. The van der Waals surface area contributed by atoms with Gasteiger partial charge >= 0.3 is 0 Å². The lowest BCUT2D eigenvalue weighted by Gasteiger charge is -2.45. The van der Waals surface area contributed by atoms with Crippen LogP contribution in [0.2, 0.25) is 0 Å². The third-order valence-electron chi connectivity index (χ3n) is 6.54. The van der Waals surface area contributed by atoms with Gasteiger partial charge in [0.15, 0.2) is 0 Å². The van der Waals surface area contributed by atoms with E-state index in [1.54, 1.807) is 0 Å². The number of likely N-dealkylation sites (tertiary alicyclic amines) is 1. The molecule has 2 aromatic rings. The molecule has 0 N–H and O–H groups in total. The van der Waals surface area contributed by atoms with E-state index in [0.717, 1.165) is 38.9 Å². The van der Waals surface area contributed by atoms with Crippen molar-refractivity contribution in [1.82, 2.24) is 9.80 Å². The molecule has 1 saturated heterocycles. The number of likely N-dealkylation sites (N-methyl/N-ethyl adjacent to an activating group) is 1. The zero-order valence-electron chi connectivity index (χ0n) is 17.2. The second-order valence-electron chi connectivity index (χ2n) is 8.15. The van der Waals surface area contributed by atoms with Gasteiger partial charge in [-0.2, -0.15) is 13.5 Å². The van der Waals surface area contributed by atoms with Crippen LogP contribution in [0.5, 0.6) is 0 Å². The molecule has 1 aliphatic carbocycles. The van der Waals surface area contributed by atoms with Crippen molar-refractivity contribution in [3.8, 4) is 0 Å². The molecular weight excluding hydrogens is 400 g/mol. The van der Waals surface area contributed by atoms with Crippen molar-refractivity contribution in [3.05, 3.63) is 71.8 Å². The first-order valence-corrected chi connectivity index (χ1v) is 10.3. The van der Waals surface area contributed by atoms with E-state index in [0.29, 0.717) is 0 Å². The Bertz CT molecular complexity index is 761. The minimum Gasteiger partial charge on any atom is -0.337 e. The smallest absolute Gasteiger partial charge is 0.233 e. The van der Waals surface area contributed by atoms with Gasteiger partial charge in [0.2, 0.25) is 5.91 Å². The van der Waals surface area contributed by atoms with Crippen LogP contribution in [0.15, 0.2) is 60.7 Å². The summed E-state index contributed by atoms with van der Waals surface area (Å²) in [5.74, 6) is 0.285. The monoisotopic (exact) mass is 432 g/mol. The summed E-state index contributed by atoms with van der Waals surface area (Å²) >= 11 is 0. The van der Waals surface area contributed by atoms with Gasteiger partial charge < -0.3 is 9.80 Å². The highest BCUT2D eigenvalue weighted by molar-refractivity contribution is 7.59. The van der Waals surface area contributed by atoms with Gasteiger partial charge in [0.25, 0.3) is 0 Å². The Labute approximate surface area is 188 Å². The molecule has 1 saturated carbocycles. The van der Waals surface area contributed by atoms with E-state index in [1.807, 2.05) is 18.0 Å². The highest BCUT2D eigenvalue weighted by Gasteiger charge is 2.48. The maximum Gasteiger partial charge on any atom is 0.233 e. The van der Waals surface area contributed by atoms with E-state index in [1.165, 1.54) is 24.0 Å². The van der Waals surface area contributed by atoms with E-state index in [4.69, 9.17) is 0 Å². The first kappa shape index (κ1) is 23.8. The highest BCUT2D eigenvalue weighted by atomic mass is 35.5. The normalized spacial score (nSPS) is 18.7. The van der Waals surface area contributed by atoms with Crippen LogP contribution < -0.4 is 0 Å². The molecule has 0 bridgehead atoms. The first-order chi connectivity index (χ1) is 13.2. The summed E-state index contributed by atoms with van der Waals surface area (Å²) in [4.78, 5) is 18.3. The Morgan fingerprint density at radius 2 is 1.52 bits per heavy atom. The number of benzene rings is 2. The molecule has 158 valence electrons. The maximum atomic E-state index is 13.7. The minimum atomic E-state index is -0.325. The van der Waals surface area contributed by atoms with E-state index in [9.17, 15) is 4.79 Å². The van der Waals surface area contributed by atoms with Crippen LogP contribution in [0.4, 0.5) is 0 Å². The summed E-state index contributed by atoms with van der Waals surface area (Å²) in [7, 11) is 2.01. The quantitative estimate of drug-likeness (QED) is 0.645. The number of hydrogen-bond acceptors (Lipinski definition) is 2. The van der Waals surface area contributed by atoms with Crippen molar-refractivity contribution in [3.63, 3.8) is 0 Å². The molecule has 2 fully saturated rings. The van der Waals surface area contributed by atoms with Gasteiger partial charge in [-0.05, 0) is 49.9 Å². The van der Waals surface area contributed by atoms with Crippen molar-refractivity contribution >= 4 is 31.8 Å². The molecule has 1 amide bonds. The molecule has 1 unspecified atom stereocenters. The Morgan fingerprint density at radius 3 is 2.03 bits per heavy atom. The van der Waals surface area contributed by atoms with Crippen LogP contribution in [0.3, 0.4) is 0 Å². The summed E-state index contributed by atoms with van der Waals surface area (Å²) in [6.45, 7) is 3.22. The first-order valence-electron chi connectivity index (χ1n) is 10.3. The third kappa shape index (κ3) is 4.82. The maximum absolute atomic E-state index is 13.7. The van der Waals surface area contributed by atoms with Crippen molar-refractivity contribution in [2.45, 2.75) is 43.6 Å². The van der Waals surface area contributed by atoms with Gasteiger partial charge in [-0.25, -0.2) is 0 Å². The third-order valence-corrected chi connectivity index (χ3v) is 6.54. The topological polar surface area (TPSA) is 23.6 Å². The fourth-order valence-corrected chi connectivity index (χ4v) is 4.73. The number of nitrogens with zero attached hydrogens (tertiary/aromatic N) is 2. The van der Waals surface area contributed by atoms with Crippen LogP contribution >= 0.6 is 25.9 Å². The SMILES string of the molecule is CN(C(=O)C1(c2ccccc2)CCC1)C(CN1CCCC1)c1ccccc1.Cl.S. The second kappa shape index (κ2) is 10.5. The van der Waals surface area contributed by atoms with E-state index < -0.39 is 0 Å². The van der Waals surface area contributed by atoms with Gasteiger partial charge in [-0.3, -0.25) is 4.79 Å². The molecule has 0 spiro atoms. The molecule has 1 heterocycles. The summed E-state index contributed by atoms with van der Waals surface area (Å²) in [6.07, 6.45) is 5.60. The number of amides is 1. The number of rotatable bonds is 6. The van der Waals surface area contributed by atoms with Crippen LogP contribution in [-0.2, 0) is 10.2 Å². The fourth-order valence-electron chi connectivity index (χ4n) is 4.73. The molecule has 0 radical (unpaired) electrons. The molecule has 2 aromatic carbocycles. The van der Waals surface area contributed by atoms with Gasteiger partial charge in [-0.15, -0.1) is 12.4 Å². The van der Waals surface area contributed by atoms with E-state index in [2.05, 4.69) is 59.5 Å². The van der Waals surface area contributed by atoms with Gasteiger partial charge in [-0.1, -0.05) is 67.1 Å². The number of carbonyl (C=O) groups is 1. The fraction of sp³-hybridized carbons (Fsp3) is 0.458. The summed E-state index contributed by atoms with van der Waals surface area (Å²) in [5.41, 5.74) is 2.09. The largest absolute Gasteiger partial charge is 0.337 e.